The maximum absolute atomic E-state index is 13.5. The second kappa shape index (κ2) is 7.95. The number of para-hydroxylation sites is 2. The number of hydrogen-bond acceptors (Lipinski definition) is 4. The fraction of sp³-hybridized carbons (Fsp3) is 0.318. The van der Waals surface area contributed by atoms with Gasteiger partial charge in [-0.1, -0.05) is 42.5 Å². The summed E-state index contributed by atoms with van der Waals surface area (Å²) in [7, 11) is 0. The van der Waals surface area contributed by atoms with Gasteiger partial charge >= 0.3 is 5.97 Å². The van der Waals surface area contributed by atoms with Gasteiger partial charge in [0.25, 0.3) is 0 Å². The highest BCUT2D eigenvalue weighted by Crippen LogP contribution is 2.37. The minimum absolute atomic E-state index is 0.128. The average molecular weight is 394 g/mol. The molecule has 2 atom stereocenters. The molecule has 0 radical (unpaired) electrons. The van der Waals surface area contributed by atoms with Gasteiger partial charge in [-0.15, -0.1) is 0 Å². The second-order valence-corrected chi connectivity index (χ2v) is 7.31. The third-order valence-electron chi connectivity index (χ3n) is 5.32. The molecule has 2 bridgehead atoms. The van der Waals surface area contributed by atoms with E-state index in [0.717, 1.165) is 5.56 Å². The molecule has 0 spiro atoms. The number of carboxylic acid groups (broad SMARTS) is 1. The molecule has 7 heteroatoms. The van der Waals surface area contributed by atoms with E-state index >= 15 is 0 Å². The fourth-order valence-corrected chi connectivity index (χ4v) is 3.94. The lowest BCUT2D eigenvalue weighted by atomic mass is 10.1. The molecule has 4 rings (SSSR count). The van der Waals surface area contributed by atoms with Crippen LogP contribution in [0, 0.1) is 0 Å². The first kappa shape index (κ1) is 19.0. The number of fused-ring (bicyclic) bond motifs is 3. The Kier molecular flexibility index (Phi) is 5.20. The molecule has 2 amide bonds. The molecular weight excluding hydrogens is 372 g/mol. The number of anilines is 1. The van der Waals surface area contributed by atoms with E-state index in [4.69, 9.17) is 9.84 Å². The SMILES string of the molecule is O=C(O)CCC(=O)N1CC2CC1C(=O)N(Cc1ccccc1)c1ccccc1O2. The lowest BCUT2D eigenvalue weighted by Crippen LogP contribution is -2.47. The quantitative estimate of drug-likeness (QED) is 0.842. The van der Waals surface area contributed by atoms with Crippen LogP contribution in [0.5, 0.6) is 5.75 Å². The first-order valence-corrected chi connectivity index (χ1v) is 9.65. The number of rotatable bonds is 5. The van der Waals surface area contributed by atoms with Gasteiger partial charge in [0.2, 0.25) is 11.8 Å². The zero-order valence-corrected chi connectivity index (χ0v) is 15.9. The van der Waals surface area contributed by atoms with Gasteiger partial charge in [-0.05, 0) is 17.7 Å². The van der Waals surface area contributed by atoms with Crippen LogP contribution in [0.1, 0.15) is 24.8 Å². The van der Waals surface area contributed by atoms with Crippen molar-refractivity contribution >= 4 is 23.5 Å². The van der Waals surface area contributed by atoms with E-state index in [9.17, 15) is 14.4 Å². The van der Waals surface area contributed by atoms with Gasteiger partial charge in [-0.3, -0.25) is 14.4 Å². The predicted molar refractivity (Wildman–Crippen MR) is 105 cm³/mol. The van der Waals surface area contributed by atoms with E-state index in [1.807, 2.05) is 54.6 Å². The Bertz CT molecular complexity index is 930. The number of hydrogen-bond donors (Lipinski definition) is 1. The molecule has 2 heterocycles. The molecule has 2 aromatic carbocycles. The highest BCUT2D eigenvalue weighted by molar-refractivity contribution is 6.01. The van der Waals surface area contributed by atoms with Gasteiger partial charge in [0.05, 0.1) is 25.2 Å². The van der Waals surface area contributed by atoms with Gasteiger partial charge in [0, 0.05) is 12.8 Å². The monoisotopic (exact) mass is 394 g/mol. The van der Waals surface area contributed by atoms with E-state index in [0.29, 0.717) is 24.4 Å². The van der Waals surface area contributed by atoms with E-state index in [-0.39, 0.29) is 37.3 Å². The summed E-state index contributed by atoms with van der Waals surface area (Å²) in [6.45, 7) is 0.640. The van der Waals surface area contributed by atoms with E-state index < -0.39 is 12.0 Å². The minimum Gasteiger partial charge on any atom is -0.486 e. The Morgan fingerprint density at radius 3 is 2.52 bits per heavy atom. The fourth-order valence-electron chi connectivity index (χ4n) is 3.94. The molecule has 29 heavy (non-hydrogen) atoms. The third-order valence-corrected chi connectivity index (χ3v) is 5.32. The third kappa shape index (κ3) is 3.94. The van der Waals surface area contributed by atoms with Gasteiger partial charge in [0.15, 0.2) is 0 Å². The van der Waals surface area contributed by atoms with Crippen molar-refractivity contribution in [1.82, 2.24) is 4.90 Å². The number of benzene rings is 2. The van der Waals surface area contributed by atoms with Crippen LogP contribution in [0.2, 0.25) is 0 Å². The summed E-state index contributed by atoms with van der Waals surface area (Å²) in [6, 6.07) is 16.4. The number of aliphatic carboxylic acids is 1. The molecule has 2 aliphatic rings. The van der Waals surface area contributed by atoms with Crippen LogP contribution >= 0.6 is 0 Å². The topological polar surface area (TPSA) is 87.2 Å². The van der Waals surface area contributed by atoms with E-state index in [1.165, 1.54) is 4.90 Å². The van der Waals surface area contributed by atoms with E-state index in [2.05, 4.69) is 0 Å². The van der Waals surface area contributed by atoms with Crippen LogP contribution < -0.4 is 9.64 Å². The molecule has 7 nitrogen and oxygen atoms in total. The second-order valence-electron chi connectivity index (χ2n) is 7.31. The van der Waals surface area contributed by atoms with Crippen molar-refractivity contribution in [3.63, 3.8) is 0 Å². The summed E-state index contributed by atoms with van der Waals surface area (Å²) in [5, 5.41) is 8.89. The average Bonchev–Trinajstić information content (AvgIpc) is 3.15. The maximum atomic E-state index is 13.5. The molecule has 1 saturated heterocycles. The summed E-state index contributed by atoms with van der Waals surface area (Å²) < 4.78 is 6.15. The molecule has 2 aromatic rings. The van der Waals surface area contributed by atoms with Gasteiger partial charge < -0.3 is 19.6 Å². The van der Waals surface area contributed by atoms with Gasteiger partial charge in [0.1, 0.15) is 17.9 Å². The molecule has 2 unspecified atom stereocenters. The number of carbonyl (C=O) groups is 3. The largest absolute Gasteiger partial charge is 0.486 e. The van der Waals surface area contributed by atoms with Crippen molar-refractivity contribution in [3.8, 4) is 5.75 Å². The number of amides is 2. The highest BCUT2D eigenvalue weighted by atomic mass is 16.5. The summed E-state index contributed by atoms with van der Waals surface area (Å²) in [5.41, 5.74) is 1.64. The Morgan fingerprint density at radius 2 is 1.76 bits per heavy atom. The Balaban J connectivity index is 1.66. The Hall–Kier alpha value is -3.35. The summed E-state index contributed by atoms with van der Waals surface area (Å²) >= 11 is 0. The van der Waals surface area contributed by atoms with Crippen molar-refractivity contribution in [1.29, 1.82) is 0 Å². The summed E-state index contributed by atoms with van der Waals surface area (Å²) in [4.78, 5) is 40.2. The smallest absolute Gasteiger partial charge is 0.303 e. The van der Waals surface area contributed by atoms with Crippen LogP contribution in [0.15, 0.2) is 54.6 Å². The zero-order valence-electron chi connectivity index (χ0n) is 15.9. The zero-order chi connectivity index (χ0) is 20.4. The Morgan fingerprint density at radius 1 is 1.03 bits per heavy atom. The lowest BCUT2D eigenvalue weighted by Gasteiger charge is -2.31. The molecule has 150 valence electrons. The normalized spacial score (nSPS) is 20.5. The number of carbonyl (C=O) groups excluding carboxylic acids is 2. The molecule has 1 fully saturated rings. The number of nitrogens with zero attached hydrogens (tertiary/aromatic N) is 2. The van der Waals surface area contributed by atoms with Crippen molar-refractivity contribution in [3.05, 3.63) is 60.2 Å². The van der Waals surface area contributed by atoms with Crippen molar-refractivity contribution < 1.29 is 24.2 Å². The summed E-state index contributed by atoms with van der Waals surface area (Å²) in [6.07, 6.45) is -0.275. The van der Waals surface area contributed by atoms with Crippen molar-refractivity contribution in [2.24, 2.45) is 0 Å². The van der Waals surface area contributed by atoms with Crippen LogP contribution in [-0.4, -0.2) is 46.5 Å². The van der Waals surface area contributed by atoms with Crippen molar-refractivity contribution in [2.75, 3.05) is 11.4 Å². The van der Waals surface area contributed by atoms with Crippen LogP contribution in [-0.2, 0) is 20.9 Å². The number of likely N-dealkylation sites (tertiary alicyclic amines) is 1. The summed E-state index contributed by atoms with van der Waals surface area (Å²) in [5.74, 6) is -0.922. The predicted octanol–water partition coefficient (Wildman–Crippen LogP) is 2.45. The molecule has 0 aromatic heterocycles. The Labute approximate surface area is 168 Å². The molecule has 1 N–H and O–H groups in total. The van der Waals surface area contributed by atoms with Gasteiger partial charge in [-0.2, -0.15) is 0 Å². The van der Waals surface area contributed by atoms with Gasteiger partial charge in [-0.25, -0.2) is 0 Å². The molecule has 2 aliphatic heterocycles. The number of carboxylic acids is 1. The molecule has 0 aliphatic carbocycles. The maximum Gasteiger partial charge on any atom is 0.303 e. The molecule has 0 saturated carbocycles. The standard InChI is InChI=1S/C22H22N2O5/c25-20(10-11-21(26)27)23-14-16-12-18(23)22(28)24(13-15-6-2-1-3-7-15)17-8-4-5-9-19(17)29-16/h1-9,16,18H,10-14H2,(H,26,27). The minimum atomic E-state index is -1.03. The highest BCUT2D eigenvalue weighted by Gasteiger charge is 2.44. The van der Waals surface area contributed by atoms with E-state index in [1.54, 1.807) is 4.90 Å². The van der Waals surface area contributed by atoms with Crippen LogP contribution in [0.3, 0.4) is 0 Å². The first-order chi connectivity index (χ1) is 14.0. The first-order valence-electron chi connectivity index (χ1n) is 9.65. The number of ether oxygens (including phenoxy) is 1. The molecular formula is C22H22N2O5. The van der Waals surface area contributed by atoms with Crippen LogP contribution in [0.25, 0.3) is 0 Å². The van der Waals surface area contributed by atoms with Crippen LogP contribution in [0.4, 0.5) is 5.69 Å². The van der Waals surface area contributed by atoms with Crippen molar-refractivity contribution in [2.45, 2.75) is 38.0 Å². The lowest BCUT2D eigenvalue weighted by molar-refractivity contribution is -0.142.